The van der Waals surface area contributed by atoms with Crippen LogP contribution in [-0.2, 0) is 19.6 Å². The summed E-state index contributed by atoms with van der Waals surface area (Å²) >= 11 is 3.62. The Bertz CT molecular complexity index is 858. The molecule has 3 aromatic carbocycles. The molecule has 5 heteroatoms. The Kier molecular flexibility index (Phi) is 9.35. The smallest absolute Gasteiger partial charge is 0.134 e. The Hall–Kier alpha value is -2.01. The molecule has 0 saturated carbocycles. The van der Waals surface area contributed by atoms with Crippen LogP contribution in [0.15, 0.2) is 77.3 Å². The van der Waals surface area contributed by atoms with Gasteiger partial charge in [-0.2, -0.15) is 0 Å². The summed E-state index contributed by atoms with van der Waals surface area (Å²) < 4.78 is 12.3. The second kappa shape index (κ2) is 11.7. The van der Waals surface area contributed by atoms with Crippen LogP contribution in [0.5, 0.6) is 11.5 Å². The third kappa shape index (κ3) is 6.55. The zero-order valence-electron chi connectivity index (χ0n) is 15.9. The Morgan fingerprint density at radius 1 is 0.857 bits per heavy atom. The summed E-state index contributed by atoms with van der Waals surface area (Å²) in [7, 11) is 1.71. The minimum atomic E-state index is 0. The van der Waals surface area contributed by atoms with E-state index in [1.165, 1.54) is 11.1 Å². The van der Waals surface area contributed by atoms with Crippen LogP contribution in [0.25, 0.3) is 0 Å². The van der Waals surface area contributed by atoms with Crippen molar-refractivity contribution in [2.45, 2.75) is 19.6 Å². The van der Waals surface area contributed by atoms with Crippen molar-refractivity contribution in [2.75, 3.05) is 13.7 Å². The number of ether oxygens (including phenoxy) is 2. The first kappa shape index (κ1) is 22.3. The molecule has 0 aliphatic carbocycles. The van der Waals surface area contributed by atoms with Gasteiger partial charge in [0.1, 0.15) is 18.1 Å². The Balaban J connectivity index is 0.00000280. The highest BCUT2D eigenvalue weighted by Gasteiger charge is 2.05. The first-order valence-electron chi connectivity index (χ1n) is 9.04. The van der Waals surface area contributed by atoms with Crippen LogP contribution in [0.4, 0.5) is 0 Å². The molecular formula is C23H25BrClNO2. The molecule has 0 unspecified atom stereocenters. The number of para-hydroxylation sites is 1. The number of nitrogens with one attached hydrogen (secondary N) is 1. The molecule has 0 atom stereocenters. The lowest BCUT2D eigenvalue weighted by Crippen LogP contribution is -2.17. The van der Waals surface area contributed by atoms with Crippen molar-refractivity contribution in [2.24, 2.45) is 0 Å². The number of halogens is 2. The summed E-state index contributed by atoms with van der Waals surface area (Å²) in [5.41, 5.74) is 3.60. The number of hydrogen-bond acceptors (Lipinski definition) is 3. The van der Waals surface area contributed by atoms with Gasteiger partial charge in [-0.3, -0.25) is 0 Å². The van der Waals surface area contributed by atoms with E-state index in [4.69, 9.17) is 9.47 Å². The van der Waals surface area contributed by atoms with E-state index in [0.717, 1.165) is 41.0 Å². The van der Waals surface area contributed by atoms with E-state index >= 15 is 0 Å². The van der Waals surface area contributed by atoms with Gasteiger partial charge in [-0.05, 0) is 63.8 Å². The molecule has 3 aromatic rings. The standard InChI is InChI=1S/C23H24BrNO2.ClH/c1-26-22-10-6-5-9-20(22)13-14-25-16-19-11-12-23(21(24)15-19)27-17-18-7-3-2-4-8-18;/h2-12,15,25H,13-14,16-17H2,1H3;1H. The van der Waals surface area contributed by atoms with Crippen molar-refractivity contribution >= 4 is 28.3 Å². The second-order valence-electron chi connectivity index (χ2n) is 6.28. The Labute approximate surface area is 181 Å². The van der Waals surface area contributed by atoms with E-state index in [-0.39, 0.29) is 12.4 Å². The van der Waals surface area contributed by atoms with Crippen LogP contribution in [0.1, 0.15) is 16.7 Å². The summed E-state index contributed by atoms with van der Waals surface area (Å²) in [6.45, 7) is 2.27. The first-order valence-corrected chi connectivity index (χ1v) is 9.83. The molecule has 0 radical (unpaired) electrons. The molecule has 3 nitrogen and oxygen atoms in total. The fraction of sp³-hybridized carbons (Fsp3) is 0.217. The maximum atomic E-state index is 5.91. The fourth-order valence-electron chi connectivity index (χ4n) is 2.87. The summed E-state index contributed by atoms with van der Waals surface area (Å²) in [6, 6.07) is 24.5. The predicted octanol–water partition coefficient (Wildman–Crippen LogP) is 5.79. The van der Waals surface area contributed by atoms with E-state index in [1.54, 1.807) is 7.11 Å². The molecule has 0 bridgehead atoms. The molecule has 0 heterocycles. The second-order valence-corrected chi connectivity index (χ2v) is 7.13. The number of methoxy groups -OCH3 is 1. The lowest BCUT2D eigenvalue weighted by molar-refractivity contribution is 0.304. The fourth-order valence-corrected chi connectivity index (χ4v) is 3.41. The quantitative estimate of drug-likeness (QED) is 0.408. The number of rotatable bonds is 9. The Morgan fingerprint density at radius 2 is 1.61 bits per heavy atom. The largest absolute Gasteiger partial charge is 0.496 e. The maximum absolute atomic E-state index is 5.91. The van der Waals surface area contributed by atoms with E-state index in [1.807, 2.05) is 42.5 Å². The average Bonchev–Trinajstić information content (AvgIpc) is 2.71. The highest BCUT2D eigenvalue weighted by atomic mass is 79.9. The molecule has 28 heavy (non-hydrogen) atoms. The molecule has 0 spiro atoms. The average molecular weight is 463 g/mol. The monoisotopic (exact) mass is 461 g/mol. The van der Waals surface area contributed by atoms with E-state index in [0.29, 0.717) is 6.61 Å². The van der Waals surface area contributed by atoms with Crippen LogP contribution >= 0.6 is 28.3 Å². The van der Waals surface area contributed by atoms with Gasteiger partial charge in [-0.1, -0.05) is 54.6 Å². The highest BCUT2D eigenvalue weighted by molar-refractivity contribution is 9.10. The van der Waals surface area contributed by atoms with Crippen molar-refractivity contribution in [1.29, 1.82) is 0 Å². The van der Waals surface area contributed by atoms with E-state index < -0.39 is 0 Å². The summed E-state index contributed by atoms with van der Waals surface area (Å²) in [5, 5.41) is 3.49. The topological polar surface area (TPSA) is 30.5 Å². The molecule has 0 amide bonds. The zero-order chi connectivity index (χ0) is 18.9. The summed E-state index contributed by atoms with van der Waals surface area (Å²) in [5.74, 6) is 1.80. The summed E-state index contributed by atoms with van der Waals surface area (Å²) in [4.78, 5) is 0. The molecule has 3 rings (SSSR count). The highest BCUT2D eigenvalue weighted by Crippen LogP contribution is 2.27. The lowest BCUT2D eigenvalue weighted by Gasteiger charge is -2.11. The van der Waals surface area contributed by atoms with Crippen LogP contribution in [0.2, 0.25) is 0 Å². The molecule has 148 valence electrons. The normalized spacial score (nSPS) is 10.2. The van der Waals surface area contributed by atoms with Gasteiger partial charge in [0.15, 0.2) is 0 Å². The van der Waals surface area contributed by atoms with Crippen molar-refractivity contribution in [3.8, 4) is 11.5 Å². The van der Waals surface area contributed by atoms with Crippen LogP contribution in [0.3, 0.4) is 0 Å². The SMILES string of the molecule is COc1ccccc1CCNCc1ccc(OCc2ccccc2)c(Br)c1.Cl. The van der Waals surface area contributed by atoms with Gasteiger partial charge >= 0.3 is 0 Å². The van der Waals surface area contributed by atoms with Crippen molar-refractivity contribution in [3.05, 3.63) is 94.0 Å². The van der Waals surface area contributed by atoms with Gasteiger partial charge in [0, 0.05) is 6.54 Å². The molecular weight excluding hydrogens is 438 g/mol. The molecule has 1 N–H and O–H groups in total. The zero-order valence-corrected chi connectivity index (χ0v) is 18.3. The lowest BCUT2D eigenvalue weighted by atomic mass is 10.1. The van der Waals surface area contributed by atoms with Gasteiger partial charge in [0.05, 0.1) is 11.6 Å². The number of benzene rings is 3. The van der Waals surface area contributed by atoms with Crippen LogP contribution in [0, 0.1) is 0 Å². The third-order valence-electron chi connectivity index (χ3n) is 4.33. The summed E-state index contributed by atoms with van der Waals surface area (Å²) in [6.07, 6.45) is 0.934. The van der Waals surface area contributed by atoms with E-state index in [9.17, 15) is 0 Å². The predicted molar refractivity (Wildman–Crippen MR) is 121 cm³/mol. The van der Waals surface area contributed by atoms with Crippen molar-refractivity contribution < 1.29 is 9.47 Å². The van der Waals surface area contributed by atoms with Crippen LogP contribution < -0.4 is 14.8 Å². The number of hydrogen-bond donors (Lipinski definition) is 1. The minimum Gasteiger partial charge on any atom is -0.496 e. The molecule has 0 aromatic heterocycles. The van der Waals surface area contributed by atoms with Gasteiger partial charge in [-0.15, -0.1) is 12.4 Å². The third-order valence-corrected chi connectivity index (χ3v) is 4.95. The molecule has 0 aliphatic heterocycles. The molecule has 0 saturated heterocycles. The van der Waals surface area contributed by atoms with Gasteiger partial charge in [-0.25, -0.2) is 0 Å². The maximum Gasteiger partial charge on any atom is 0.134 e. The van der Waals surface area contributed by atoms with Crippen molar-refractivity contribution in [3.63, 3.8) is 0 Å². The van der Waals surface area contributed by atoms with Gasteiger partial charge in [0.2, 0.25) is 0 Å². The van der Waals surface area contributed by atoms with Crippen LogP contribution in [-0.4, -0.2) is 13.7 Å². The van der Waals surface area contributed by atoms with Crippen molar-refractivity contribution in [1.82, 2.24) is 5.32 Å². The van der Waals surface area contributed by atoms with Gasteiger partial charge in [0.25, 0.3) is 0 Å². The van der Waals surface area contributed by atoms with E-state index in [2.05, 4.69) is 51.6 Å². The molecule has 0 aliphatic rings. The minimum absolute atomic E-state index is 0. The molecule has 0 fully saturated rings. The van der Waals surface area contributed by atoms with Gasteiger partial charge < -0.3 is 14.8 Å². The Morgan fingerprint density at radius 3 is 2.36 bits per heavy atom. The first-order chi connectivity index (χ1) is 13.3.